The third-order valence-electron chi connectivity index (χ3n) is 3.32. The second-order valence-electron chi connectivity index (χ2n) is 5.32. The molecule has 7 nitrogen and oxygen atoms in total. The predicted molar refractivity (Wildman–Crippen MR) is 94.0 cm³/mol. The van der Waals surface area contributed by atoms with E-state index in [0.29, 0.717) is 29.5 Å². The molecule has 0 aliphatic carbocycles. The number of hydrogen-bond acceptors (Lipinski definition) is 5. The first kappa shape index (κ1) is 18.3. The Hall–Kier alpha value is -3.09. The van der Waals surface area contributed by atoms with Crippen molar-refractivity contribution in [1.82, 2.24) is 10.3 Å². The van der Waals surface area contributed by atoms with E-state index < -0.39 is 0 Å². The normalized spacial score (nSPS) is 10.0. The van der Waals surface area contributed by atoms with Crippen molar-refractivity contribution in [2.75, 3.05) is 19.0 Å². The van der Waals surface area contributed by atoms with Gasteiger partial charge in [-0.1, -0.05) is 13.0 Å². The van der Waals surface area contributed by atoms with Gasteiger partial charge in [-0.25, -0.2) is 4.98 Å². The molecule has 1 aromatic heterocycles. The molecule has 2 rings (SSSR count). The fourth-order valence-electron chi connectivity index (χ4n) is 2.00. The van der Waals surface area contributed by atoms with Crippen LogP contribution < -0.4 is 20.1 Å². The molecule has 2 amide bonds. The first-order chi connectivity index (χ1) is 12.0. The zero-order valence-corrected chi connectivity index (χ0v) is 14.5. The number of carbonyl (C=O) groups is 2. The Labute approximate surface area is 146 Å². The Morgan fingerprint density at radius 1 is 1.12 bits per heavy atom. The number of aromatic nitrogens is 1. The van der Waals surface area contributed by atoms with E-state index in [1.54, 1.807) is 26.2 Å². The summed E-state index contributed by atoms with van der Waals surface area (Å²) in [5.74, 6) is 1.05. The molecule has 0 fully saturated rings. The average Bonchev–Trinajstić information content (AvgIpc) is 2.62. The molecule has 0 unspecified atom stereocenters. The summed E-state index contributed by atoms with van der Waals surface area (Å²) in [6, 6.07) is 8.90. The minimum Gasteiger partial charge on any atom is -0.493 e. The van der Waals surface area contributed by atoms with E-state index in [1.807, 2.05) is 25.1 Å². The fraction of sp³-hybridized carbons (Fsp3) is 0.278. The van der Waals surface area contributed by atoms with Gasteiger partial charge in [0.2, 0.25) is 17.7 Å². The van der Waals surface area contributed by atoms with Gasteiger partial charge < -0.3 is 20.1 Å². The highest BCUT2D eigenvalue weighted by atomic mass is 16.5. The molecule has 0 spiro atoms. The van der Waals surface area contributed by atoms with Crippen molar-refractivity contribution in [3.05, 3.63) is 42.1 Å². The molecule has 0 atom stereocenters. The molecule has 25 heavy (non-hydrogen) atoms. The molecule has 0 saturated carbocycles. The van der Waals surface area contributed by atoms with Crippen LogP contribution in [0.3, 0.4) is 0 Å². The number of anilines is 1. The maximum absolute atomic E-state index is 11.7. The van der Waals surface area contributed by atoms with Crippen LogP contribution in [-0.4, -0.2) is 30.5 Å². The van der Waals surface area contributed by atoms with Gasteiger partial charge in [0.05, 0.1) is 25.5 Å². The highest BCUT2D eigenvalue weighted by Crippen LogP contribution is 2.31. The third kappa shape index (κ3) is 5.49. The number of rotatable bonds is 7. The molecule has 132 valence electrons. The number of benzene rings is 1. The minimum absolute atomic E-state index is 0.0779. The molecule has 0 aliphatic rings. The van der Waals surface area contributed by atoms with Gasteiger partial charge in [-0.15, -0.1) is 0 Å². The van der Waals surface area contributed by atoms with Crippen LogP contribution in [0.5, 0.6) is 17.4 Å². The van der Waals surface area contributed by atoms with Crippen molar-refractivity contribution < 1.29 is 19.1 Å². The first-order valence-corrected chi connectivity index (χ1v) is 7.87. The van der Waals surface area contributed by atoms with Gasteiger partial charge in [-0.3, -0.25) is 9.59 Å². The highest BCUT2D eigenvalue weighted by molar-refractivity contribution is 5.94. The Morgan fingerprint density at radius 2 is 1.92 bits per heavy atom. The number of aryl methyl sites for hydroxylation is 1. The largest absolute Gasteiger partial charge is 0.493 e. The Kier molecular flexibility index (Phi) is 6.33. The van der Waals surface area contributed by atoms with Gasteiger partial charge in [-0.05, 0) is 30.7 Å². The average molecular weight is 343 g/mol. The van der Waals surface area contributed by atoms with Gasteiger partial charge in [0.15, 0.2) is 11.5 Å². The second-order valence-corrected chi connectivity index (χ2v) is 5.32. The van der Waals surface area contributed by atoms with Gasteiger partial charge >= 0.3 is 0 Å². The molecule has 0 saturated heterocycles. The summed E-state index contributed by atoms with van der Waals surface area (Å²) in [7, 11) is 1.57. The zero-order valence-electron chi connectivity index (χ0n) is 14.5. The van der Waals surface area contributed by atoms with Crippen LogP contribution in [0.4, 0.5) is 5.69 Å². The number of methoxy groups -OCH3 is 1. The molecule has 0 bridgehead atoms. The number of nitrogens with zero attached hydrogens (tertiary/aromatic N) is 1. The molecule has 1 heterocycles. The van der Waals surface area contributed by atoms with Crippen LogP contribution in [0.1, 0.15) is 18.9 Å². The molecule has 0 aliphatic heterocycles. The minimum atomic E-state index is -0.322. The molecule has 2 N–H and O–H groups in total. The lowest BCUT2D eigenvalue weighted by Gasteiger charge is -2.11. The standard InChI is InChI=1S/C18H21N3O4/c1-4-16(22)19-11-17(23)21-13-6-8-18(20-10-13)25-14-7-5-12(2)9-15(14)24-3/h5-10H,4,11H2,1-3H3,(H,19,22)(H,21,23). The summed E-state index contributed by atoms with van der Waals surface area (Å²) < 4.78 is 11.0. The summed E-state index contributed by atoms with van der Waals surface area (Å²) in [5, 5.41) is 5.15. The smallest absolute Gasteiger partial charge is 0.243 e. The first-order valence-electron chi connectivity index (χ1n) is 7.87. The Morgan fingerprint density at radius 3 is 2.56 bits per heavy atom. The lowest BCUT2D eigenvalue weighted by atomic mass is 10.2. The van der Waals surface area contributed by atoms with Crippen LogP contribution in [0.2, 0.25) is 0 Å². The van der Waals surface area contributed by atoms with E-state index in [-0.39, 0.29) is 18.4 Å². The number of hydrogen-bond donors (Lipinski definition) is 2. The van der Waals surface area contributed by atoms with Crippen molar-refractivity contribution in [3.8, 4) is 17.4 Å². The summed E-state index contributed by atoms with van der Waals surface area (Å²) in [6.45, 7) is 3.61. The number of nitrogens with one attached hydrogen (secondary N) is 2. The molecular weight excluding hydrogens is 322 g/mol. The fourth-order valence-corrected chi connectivity index (χ4v) is 2.00. The number of amides is 2. The van der Waals surface area contributed by atoms with E-state index in [0.717, 1.165) is 5.56 Å². The summed E-state index contributed by atoms with van der Waals surface area (Å²) in [5.41, 5.74) is 1.57. The summed E-state index contributed by atoms with van der Waals surface area (Å²) >= 11 is 0. The maximum Gasteiger partial charge on any atom is 0.243 e. The highest BCUT2D eigenvalue weighted by Gasteiger charge is 2.08. The van der Waals surface area contributed by atoms with Gasteiger partial charge in [-0.2, -0.15) is 0 Å². The molecule has 1 aromatic carbocycles. The monoisotopic (exact) mass is 343 g/mol. The Balaban J connectivity index is 1.96. The predicted octanol–water partition coefficient (Wildman–Crippen LogP) is 2.66. The van der Waals surface area contributed by atoms with Crippen LogP contribution in [0, 0.1) is 6.92 Å². The Bertz CT molecular complexity index is 744. The quantitative estimate of drug-likeness (QED) is 0.807. The molecule has 0 radical (unpaired) electrons. The summed E-state index contributed by atoms with van der Waals surface area (Å²) in [6.07, 6.45) is 1.82. The van der Waals surface area contributed by atoms with E-state index in [1.165, 1.54) is 6.20 Å². The zero-order chi connectivity index (χ0) is 18.2. The lowest BCUT2D eigenvalue weighted by molar-refractivity contribution is -0.123. The van der Waals surface area contributed by atoms with Crippen molar-refractivity contribution in [2.24, 2.45) is 0 Å². The van der Waals surface area contributed by atoms with Crippen molar-refractivity contribution in [2.45, 2.75) is 20.3 Å². The van der Waals surface area contributed by atoms with Crippen LogP contribution in [0.25, 0.3) is 0 Å². The van der Waals surface area contributed by atoms with E-state index >= 15 is 0 Å². The van der Waals surface area contributed by atoms with E-state index in [2.05, 4.69) is 15.6 Å². The van der Waals surface area contributed by atoms with Crippen LogP contribution >= 0.6 is 0 Å². The number of carbonyl (C=O) groups excluding carboxylic acids is 2. The second kappa shape index (κ2) is 8.68. The van der Waals surface area contributed by atoms with Crippen LogP contribution in [0.15, 0.2) is 36.5 Å². The van der Waals surface area contributed by atoms with Gasteiger partial charge in [0.1, 0.15) is 0 Å². The van der Waals surface area contributed by atoms with Gasteiger partial charge in [0.25, 0.3) is 0 Å². The van der Waals surface area contributed by atoms with Crippen molar-refractivity contribution in [3.63, 3.8) is 0 Å². The number of ether oxygens (including phenoxy) is 2. The maximum atomic E-state index is 11.7. The van der Waals surface area contributed by atoms with E-state index in [4.69, 9.17) is 9.47 Å². The topological polar surface area (TPSA) is 89.6 Å². The van der Waals surface area contributed by atoms with Crippen LogP contribution in [-0.2, 0) is 9.59 Å². The lowest BCUT2D eigenvalue weighted by Crippen LogP contribution is -2.32. The number of pyridine rings is 1. The molecule has 2 aromatic rings. The summed E-state index contributed by atoms with van der Waals surface area (Å²) in [4.78, 5) is 27.0. The van der Waals surface area contributed by atoms with E-state index in [9.17, 15) is 9.59 Å². The van der Waals surface area contributed by atoms with Crippen molar-refractivity contribution in [1.29, 1.82) is 0 Å². The SMILES string of the molecule is CCC(=O)NCC(=O)Nc1ccc(Oc2ccc(C)cc2OC)nc1. The molecule has 7 heteroatoms. The third-order valence-corrected chi connectivity index (χ3v) is 3.32. The molecular formula is C18H21N3O4. The van der Waals surface area contributed by atoms with Crippen molar-refractivity contribution >= 4 is 17.5 Å². The van der Waals surface area contributed by atoms with Gasteiger partial charge in [0, 0.05) is 12.5 Å².